The lowest BCUT2D eigenvalue weighted by Crippen LogP contribution is -2.47. The van der Waals surface area contributed by atoms with Crippen LogP contribution < -0.4 is 9.62 Å². The molecule has 1 aliphatic heterocycles. The number of hydrogen-bond donors (Lipinski definition) is 1. The van der Waals surface area contributed by atoms with Crippen LogP contribution in [0.15, 0.2) is 64.5 Å². The molecule has 120 valence electrons. The van der Waals surface area contributed by atoms with Gasteiger partial charge in [-0.2, -0.15) is 0 Å². The monoisotopic (exact) mass is 329 g/mol. The molecule has 1 heterocycles. The number of aryl methyl sites for hydroxylation is 1. The largest absolute Gasteiger partial charge is 0.312 e. The fourth-order valence-electron chi connectivity index (χ4n) is 2.45. The molecule has 0 spiro atoms. The molecule has 0 aromatic heterocycles. The van der Waals surface area contributed by atoms with Gasteiger partial charge in [0.25, 0.3) is 10.0 Å². The van der Waals surface area contributed by atoms with Gasteiger partial charge in [-0.3, -0.25) is 4.99 Å². The van der Waals surface area contributed by atoms with Crippen LogP contribution in [0, 0.1) is 6.92 Å². The number of hydrogen-bond acceptors (Lipinski definition) is 4. The highest BCUT2D eigenvalue weighted by Gasteiger charge is 2.23. The summed E-state index contributed by atoms with van der Waals surface area (Å²) in [7, 11) is -3.64. The maximum Gasteiger partial charge on any atom is 0.264 e. The molecule has 6 heteroatoms. The zero-order valence-corrected chi connectivity index (χ0v) is 13.8. The van der Waals surface area contributed by atoms with Gasteiger partial charge in [0.05, 0.1) is 4.90 Å². The van der Waals surface area contributed by atoms with Crippen molar-refractivity contribution in [2.45, 2.75) is 18.2 Å². The minimum Gasteiger partial charge on any atom is -0.312 e. The summed E-state index contributed by atoms with van der Waals surface area (Å²) in [6, 6.07) is 16.5. The van der Waals surface area contributed by atoms with Crippen molar-refractivity contribution in [3.05, 3.63) is 60.2 Å². The van der Waals surface area contributed by atoms with Crippen LogP contribution in [-0.4, -0.2) is 27.5 Å². The van der Waals surface area contributed by atoms with Crippen molar-refractivity contribution in [2.75, 3.05) is 18.0 Å². The predicted octanol–water partition coefficient (Wildman–Crippen LogP) is 2.54. The molecule has 0 aliphatic carbocycles. The Balaban J connectivity index is 1.87. The molecule has 0 unspecified atom stereocenters. The van der Waals surface area contributed by atoms with E-state index >= 15 is 0 Å². The van der Waals surface area contributed by atoms with Crippen LogP contribution in [-0.2, 0) is 10.0 Å². The summed E-state index contributed by atoms with van der Waals surface area (Å²) in [6.45, 7) is 3.28. The summed E-state index contributed by atoms with van der Waals surface area (Å²) < 4.78 is 27.8. The second kappa shape index (κ2) is 6.42. The number of aliphatic imine (C=N–C) groups is 1. The molecule has 23 heavy (non-hydrogen) atoms. The summed E-state index contributed by atoms with van der Waals surface area (Å²) in [5.41, 5.74) is 1.95. The van der Waals surface area contributed by atoms with Crippen LogP contribution in [0.2, 0.25) is 0 Å². The maximum atomic E-state index is 12.6. The fraction of sp³-hybridized carbons (Fsp3) is 0.235. The molecule has 0 fully saturated rings. The number of nitrogens with one attached hydrogen (secondary N) is 1. The Labute approximate surface area is 136 Å². The van der Waals surface area contributed by atoms with Crippen LogP contribution in [0.1, 0.15) is 12.0 Å². The molecule has 2 aromatic rings. The minimum atomic E-state index is -3.64. The summed E-state index contributed by atoms with van der Waals surface area (Å²) in [5, 5.41) is 0. The van der Waals surface area contributed by atoms with Gasteiger partial charge in [-0.1, -0.05) is 35.9 Å². The first-order valence-electron chi connectivity index (χ1n) is 7.53. The summed E-state index contributed by atoms with van der Waals surface area (Å²) in [6.07, 6.45) is 0.894. The Morgan fingerprint density at radius 1 is 1.04 bits per heavy atom. The van der Waals surface area contributed by atoms with Crippen molar-refractivity contribution >= 4 is 21.7 Å². The number of anilines is 1. The Kier molecular flexibility index (Phi) is 4.34. The molecule has 5 nitrogen and oxygen atoms in total. The number of guanidine groups is 1. The predicted molar refractivity (Wildman–Crippen MR) is 92.2 cm³/mol. The molecule has 0 atom stereocenters. The third-order valence-corrected chi connectivity index (χ3v) is 5.03. The van der Waals surface area contributed by atoms with E-state index in [0.717, 1.165) is 24.2 Å². The maximum absolute atomic E-state index is 12.6. The van der Waals surface area contributed by atoms with E-state index in [1.807, 2.05) is 42.2 Å². The van der Waals surface area contributed by atoms with Gasteiger partial charge in [0.15, 0.2) is 0 Å². The van der Waals surface area contributed by atoms with Crippen LogP contribution >= 0.6 is 0 Å². The van der Waals surface area contributed by atoms with Crippen LogP contribution in [0.4, 0.5) is 5.69 Å². The van der Waals surface area contributed by atoms with E-state index in [9.17, 15) is 8.42 Å². The highest BCUT2D eigenvalue weighted by Crippen LogP contribution is 2.18. The van der Waals surface area contributed by atoms with E-state index in [2.05, 4.69) is 9.71 Å². The zero-order chi connectivity index (χ0) is 16.3. The Hall–Kier alpha value is -2.34. The lowest BCUT2D eigenvalue weighted by Gasteiger charge is -2.29. The fourth-order valence-corrected chi connectivity index (χ4v) is 3.48. The third-order valence-electron chi connectivity index (χ3n) is 3.68. The Morgan fingerprint density at radius 2 is 1.74 bits per heavy atom. The van der Waals surface area contributed by atoms with E-state index < -0.39 is 10.0 Å². The van der Waals surface area contributed by atoms with Crippen LogP contribution in [0.3, 0.4) is 0 Å². The molecule has 0 radical (unpaired) electrons. The van der Waals surface area contributed by atoms with Gasteiger partial charge >= 0.3 is 0 Å². The molecule has 2 aromatic carbocycles. The SMILES string of the molecule is Cc1ccc(S(=O)(=O)NC2=NCCCN2c2ccccc2)cc1. The number of benzene rings is 2. The lowest BCUT2D eigenvalue weighted by atomic mass is 10.2. The van der Waals surface area contributed by atoms with E-state index in [-0.39, 0.29) is 4.90 Å². The topological polar surface area (TPSA) is 61.8 Å². The molecular weight excluding hydrogens is 310 g/mol. The Morgan fingerprint density at radius 3 is 2.43 bits per heavy atom. The molecule has 0 amide bonds. The van der Waals surface area contributed by atoms with Gasteiger partial charge < -0.3 is 4.90 Å². The summed E-state index contributed by atoms with van der Waals surface area (Å²) in [4.78, 5) is 6.51. The van der Waals surface area contributed by atoms with Gasteiger partial charge in [-0.15, -0.1) is 0 Å². The molecule has 1 aliphatic rings. The average molecular weight is 329 g/mol. The quantitative estimate of drug-likeness (QED) is 0.941. The van der Waals surface area contributed by atoms with E-state index in [0.29, 0.717) is 12.5 Å². The normalized spacial score (nSPS) is 15.2. The summed E-state index contributed by atoms with van der Waals surface area (Å²) >= 11 is 0. The standard InChI is InChI=1S/C17H19N3O2S/c1-14-8-10-16(11-9-14)23(21,22)19-17-18-12-5-13-20(17)15-6-3-2-4-7-15/h2-4,6-11H,5,12-13H2,1H3,(H,18,19). The first-order chi connectivity index (χ1) is 11.1. The second-order valence-electron chi connectivity index (χ2n) is 5.46. The first-order valence-corrected chi connectivity index (χ1v) is 9.01. The van der Waals surface area contributed by atoms with E-state index in [1.54, 1.807) is 24.3 Å². The molecule has 3 rings (SSSR count). The van der Waals surface area contributed by atoms with E-state index in [1.165, 1.54) is 0 Å². The first kappa shape index (κ1) is 15.6. The van der Waals surface area contributed by atoms with Crippen molar-refractivity contribution < 1.29 is 8.42 Å². The second-order valence-corrected chi connectivity index (χ2v) is 7.15. The van der Waals surface area contributed by atoms with Crippen molar-refractivity contribution in [1.82, 2.24) is 4.72 Å². The third kappa shape index (κ3) is 3.53. The Bertz CT molecular complexity index is 799. The van der Waals surface area contributed by atoms with Crippen LogP contribution in [0.25, 0.3) is 0 Å². The molecule has 0 saturated carbocycles. The summed E-state index contributed by atoms with van der Waals surface area (Å²) in [5.74, 6) is 0.378. The zero-order valence-electron chi connectivity index (χ0n) is 12.9. The average Bonchev–Trinajstić information content (AvgIpc) is 2.56. The molecule has 0 saturated heterocycles. The highest BCUT2D eigenvalue weighted by molar-refractivity contribution is 7.90. The van der Waals surface area contributed by atoms with Gasteiger partial charge in [-0.05, 0) is 37.6 Å². The van der Waals surface area contributed by atoms with Crippen molar-refractivity contribution in [2.24, 2.45) is 4.99 Å². The number of sulfonamides is 1. The number of rotatable bonds is 3. The molecule has 1 N–H and O–H groups in total. The van der Waals surface area contributed by atoms with Gasteiger partial charge in [0.2, 0.25) is 5.96 Å². The smallest absolute Gasteiger partial charge is 0.264 e. The lowest BCUT2D eigenvalue weighted by molar-refractivity contribution is 0.591. The molecular formula is C17H19N3O2S. The number of nitrogens with zero attached hydrogens (tertiary/aromatic N) is 2. The molecule has 0 bridgehead atoms. The van der Waals surface area contributed by atoms with Gasteiger partial charge in [-0.25, -0.2) is 13.1 Å². The van der Waals surface area contributed by atoms with Crippen molar-refractivity contribution in [3.63, 3.8) is 0 Å². The van der Waals surface area contributed by atoms with E-state index in [4.69, 9.17) is 0 Å². The number of para-hydroxylation sites is 1. The van der Waals surface area contributed by atoms with Crippen molar-refractivity contribution in [3.8, 4) is 0 Å². The van der Waals surface area contributed by atoms with Gasteiger partial charge in [0.1, 0.15) is 0 Å². The van der Waals surface area contributed by atoms with Gasteiger partial charge in [0, 0.05) is 18.8 Å². The van der Waals surface area contributed by atoms with Crippen LogP contribution in [0.5, 0.6) is 0 Å². The highest BCUT2D eigenvalue weighted by atomic mass is 32.2. The van der Waals surface area contributed by atoms with Crippen molar-refractivity contribution in [1.29, 1.82) is 0 Å². The minimum absolute atomic E-state index is 0.240.